The third-order valence-corrected chi connectivity index (χ3v) is 3.62. The number of hydrogen-bond acceptors (Lipinski definition) is 7. The van der Waals surface area contributed by atoms with Crippen molar-refractivity contribution in [3.05, 3.63) is 35.4 Å². The number of hydrazine groups is 1. The van der Waals surface area contributed by atoms with Gasteiger partial charge in [-0.2, -0.15) is 15.0 Å². The average molecular weight is 285 g/mol. The van der Waals surface area contributed by atoms with Crippen LogP contribution in [0, 0.1) is 0 Å². The van der Waals surface area contributed by atoms with E-state index in [0.717, 1.165) is 13.0 Å². The Labute approximate surface area is 123 Å². The quantitative estimate of drug-likeness (QED) is 0.557. The maximum Gasteiger partial charge on any atom is 0.243 e. The number of aromatic nitrogens is 3. The highest BCUT2D eigenvalue weighted by Crippen LogP contribution is 2.34. The molecule has 1 aliphatic rings. The zero-order valence-corrected chi connectivity index (χ0v) is 12.2. The number of nitrogen functional groups attached to an aromatic ring is 1. The molecule has 1 atom stereocenters. The van der Waals surface area contributed by atoms with Crippen molar-refractivity contribution >= 4 is 17.8 Å². The van der Waals surface area contributed by atoms with Crippen LogP contribution in [-0.2, 0) is 6.42 Å². The number of hydrogen-bond donors (Lipinski definition) is 3. The third-order valence-electron chi connectivity index (χ3n) is 3.62. The van der Waals surface area contributed by atoms with Gasteiger partial charge in [-0.05, 0) is 17.5 Å². The van der Waals surface area contributed by atoms with Crippen LogP contribution in [-0.4, -0.2) is 35.6 Å². The molecule has 4 N–H and O–H groups in total. The lowest BCUT2D eigenvalue weighted by atomic mass is 9.78. The normalized spacial score (nSPS) is 15.9. The van der Waals surface area contributed by atoms with Gasteiger partial charge in [0.1, 0.15) is 0 Å². The summed E-state index contributed by atoms with van der Waals surface area (Å²) in [6.45, 7) is 0.803. The van der Waals surface area contributed by atoms with Gasteiger partial charge in [-0.1, -0.05) is 24.3 Å². The predicted molar refractivity (Wildman–Crippen MR) is 83.3 cm³/mol. The van der Waals surface area contributed by atoms with Crippen LogP contribution < -0.4 is 21.5 Å². The summed E-state index contributed by atoms with van der Waals surface area (Å²) in [5.74, 6) is 7.35. The van der Waals surface area contributed by atoms with Crippen molar-refractivity contribution in [1.82, 2.24) is 15.0 Å². The molecule has 0 spiro atoms. The summed E-state index contributed by atoms with van der Waals surface area (Å²) in [6, 6.07) is 8.51. The predicted octanol–water partition coefficient (Wildman–Crippen LogP) is 0.975. The summed E-state index contributed by atoms with van der Waals surface area (Å²) in [4.78, 5) is 14.6. The second-order valence-corrected chi connectivity index (χ2v) is 5.30. The summed E-state index contributed by atoms with van der Waals surface area (Å²) in [7, 11) is 3.75. The molecule has 2 aromatic rings. The van der Waals surface area contributed by atoms with Crippen LogP contribution in [0.2, 0.25) is 0 Å². The maximum absolute atomic E-state index is 5.40. The Morgan fingerprint density at radius 2 is 1.95 bits per heavy atom. The summed E-state index contributed by atoms with van der Waals surface area (Å²) >= 11 is 0. The molecule has 0 radical (unpaired) electrons. The van der Waals surface area contributed by atoms with E-state index in [4.69, 9.17) is 5.84 Å². The van der Waals surface area contributed by atoms with E-state index in [9.17, 15) is 0 Å². The minimum Gasteiger partial charge on any atom is -0.353 e. The van der Waals surface area contributed by atoms with Gasteiger partial charge in [0, 0.05) is 26.6 Å². The third kappa shape index (κ3) is 2.73. The van der Waals surface area contributed by atoms with Gasteiger partial charge in [-0.25, -0.2) is 5.84 Å². The fraction of sp³-hybridized carbons (Fsp3) is 0.357. The Hall–Kier alpha value is -2.41. The van der Waals surface area contributed by atoms with Crippen molar-refractivity contribution in [2.75, 3.05) is 36.3 Å². The van der Waals surface area contributed by atoms with Gasteiger partial charge < -0.3 is 10.2 Å². The topological polar surface area (TPSA) is 92.0 Å². The van der Waals surface area contributed by atoms with Gasteiger partial charge in [-0.3, -0.25) is 5.43 Å². The van der Waals surface area contributed by atoms with Crippen LogP contribution in [0.1, 0.15) is 17.0 Å². The largest absolute Gasteiger partial charge is 0.353 e. The second-order valence-electron chi connectivity index (χ2n) is 5.30. The highest BCUT2D eigenvalue weighted by atomic mass is 15.4. The van der Waals surface area contributed by atoms with Gasteiger partial charge in [0.25, 0.3) is 0 Å². The molecule has 0 aliphatic heterocycles. The van der Waals surface area contributed by atoms with E-state index in [1.165, 1.54) is 11.1 Å². The molecule has 1 aromatic heterocycles. The minimum atomic E-state index is 0.352. The van der Waals surface area contributed by atoms with Crippen LogP contribution in [0.5, 0.6) is 0 Å². The van der Waals surface area contributed by atoms with Crippen LogP contribution in [0.3, 0.4) is 0 Å². The molecule has 1 aliphatic carbocycles. The summed E-state index contributed by atoms with van der Waals surface area (Å²) in [6.07, 6.45) is 1.09. The summed E-state index contributed by atoms with van der Waals surface area (Å²) in [5.41, 5.74) is 5.30. The number of nitrogens with two attached hydrogens (primary N) is 1. The van der Waals surface area contributed by atoms with Gasteiger partial charge in [0.15, 0.2) is 0 Å². The zero-order valence-electron chi connectivity index (χ0n) is 12.2. The highest BCUT2D eigenvalue weighted by Gasteiger charge is 2.25. The molecule has 0 bridgehead atoms. The van der Waals surface area contributed by atoms with E-state index in [1.54, 1.807) is 0 Å². The number of fused-ring (bicyclic) bond motifs is 1. The molecular formula is C14H19N7. The molecule has 7 nitrogen and oxygen atoms in total. The van der Waals surface area contributed by atoms with Crippen molar-refractivity contribution in [3.8, 4) is 0 Å². The van der Waals surface area contributed by atoms with Gasteiger partial charge in [0.2, 0.25) is 17.8 Å². The molecule has 21 heavy (non-hydrogen) atoms. The standard InChI is InChI=1S/C14H19N7/c1-21(2)14-18-12(17-13(19-14)20-15)16-8-10-7-9-5-3-4-6-11(9)10/h3-6,10H,7-8,15H2,1-2H3,(H2,16,17,18,19,20). The Bertz CT molecular complexity index is 641. The SMILES string of the molecule is CN(C)c1nc(NN)nc(NCC2Cc3ccccc32)n1. The molecule has 1 unspecified atom stereocenters. The maximum atomic E-state index is 5.40. The van der Waals surface area contributed by atoms with Gasteiger partial charge in [-0.15, -0.1) is 0 Å². The molecule has 7 heteroatoms. The first-order valence-electron chi connectivity index (χ1n) is 6.89. The fourth-order valence-corrected chi connectivity index (χ4v) is 2.47. The Morgan fingerprint density at radius 3 is 2.67 bits per heavy atom. The smallest absolute Gasteiger partial charge is 0.243 e. The van der Waals surface area contributed by atoms with E-state index < -0.39 is 0 Å². The van der Waals surface area contributed by atoms with Crippen LogP contribution >= 0.6 is 0 Å². The Balaban J connectivity index is 1.70. The Kier molecular flexibility index (Phi) is 3.57. The van der Waals surface area contributed by atoms with Crippen molar-refractivity contribution in [2.24, 2.45) is 5.84 Å². The van der Waals surface area contributed by atoms with Crippen molar-refractivity contribution in [3.63, 3.8) is 0 Å². The highest BCUT2D eigenvalue weighted by molar-refractivity contribution is 5.45. The lowest BCUT2D eigenvalue weighted by Gasteiger charge is -2.30. The number of nitrogens with one attached hydrogen (secondary N) is 2. The second kappa shape index (κ2) is 5.53. The first-order valence-corrected chi connectivity index (χ1v) is 6.89. The molecule has 0 saturated heterocycles. The molecule has 3 rings (SSSR count). The molecule has 110 valence electrons. The average Bonchev–Trinajstić information content (AvgIpc) is 2.47. The van der Waals surface area contributed by atoms with Gasteiger partial charge >= 0.3 is 0 Å². The first-order chi connectivity index (χ1) is 10.2. The minimum absolute atomic E-state index is 0.352. The molecule has 1 heterocycles. The summed E-state index contributed by atoms with van der Waals surface area (Å²) < 4.78 is 0. The van der Waals surface area contributed by atoms with E-state index in [0.29, 0.717) is 23.8 Å². The monoisotopic (exact) mass is 285 g/mol. The molecular weight excluding hydrogens is 266 g/mol. The van der Waals surface area contributed by atoms with Crippen LogP contribution in [0.25, 0.3) is 0 Å². The lowest BCUT2D eigenvalue weighted by molar-refractivity contribution is 0.633. The molecule has 0 saturated carbocycles. The number of anilines is 3. The van der Waals surface area contributed by atoms with E-state index in [2.05, 4.69) is 50.0 Å². The lowest BCUT2D eigenvalue weighted by Crippen LogP contribution is -2.25. The number of nitrogens with zero attached hydrogens (tertiary/aromatic N) is 4. The van der Waals surface area contributed by atoms with E-state index in [-0.39, 0.29) is 0 Å². The molecule has 0 fully saturated rings. The van der Waals surface area contributed by atoms with E-state index in [1.807, 2.05) is 19.0 Å². The Morgan fingerprint density at radius 1 is 1.19 bits per heavy atom. The van der Waals surface area contributed by atoms with Crippen LogP contribution in [0.15, 0.2) is 24.3 Å². The fourth-order valence-electron chi connectivity index (χ4n) is 2.47. The molecule has 0 amide bonds. The van der Waals surface area contributed by atoms with Crippen molar-refractivity contribution in [1.29, 1.82) is 0 Å². The van der Waals surface area contributed by atoms with Crippen LogP contribution in [0.4, 0.5) is 17.8 Å². The van der Waals surface area contributed by atoms with Crippen molar-refractivity contribution < 1.29 is 0 Å². The number of rotatable bonds is 5. The van der Waals surface area contributed by atoms with E-state index >= 15 is 0 Å². The van der Waals surface area contributed by atoms with Crippen molar-refractivity contribution in [2.45, 2.75) is 12.3 Å². The first kappa shape index (κ1) is 13.6. The summed E-state index contributed by atoms with van der Waals surface area (Å²) in [5, 5.41) is 3.27. The number of benzene rings is 1. The zero-order chi connectivity index (χ0) is 14.8. The van der Waals surface area contributed by atoms with Gasteiger partial charge in [0.05, 0.1) is 0 Å². The molecule has 1 aromatic carbocycles.